The van der Waals surface area contributed by atoms with E-state index in [1.165, 1.54) is 0 Å². The van der Waals surface area contributed by atoms with Crippen LogP contribution in [0.15, 0.2) is 0 Å². The second kappa shape index (κ2) is 5.16. The molecule has 1 heterocycles. The molecule has 4 N–H and O–H groups in total. The van der Waals surface area contributed by atoms with Gasteiger partial charge < -0.3 is 10.1 Å². The average molecular weight is 187 g/mol. The highest BCUT2D eigenvalue weighted by atomic mass is 16.5. The van der Waals surface area contributed by atoms with Crippen LogP contribution in [0.1, 0.15) is 13.3 Å². The molecular weight excluding hydrogens is 170 g/mol. The molecule has 0 spiro atoms. The van der Waals surface area contributed by atoms with Gasteiger partial charge in [-0.3, -0.25) is 10.2 Å². The molecule has 0 saturated carbocycles. The zero-order chi connectivity index (χ0) is 9.68. The summed E-state index contributed by atoms with van der Waals surface area (Å²) < 4.78 is 5.21. The van der Waals surface area contributed by atoms with E-state index in [0.717, 1.165) is 13.0 Å². The largest absolute Gasteiger partial charge is 0.379 e. The van der Waals surface area contributed by atoms with E-state index in [2.05, 4.69) is 17.7 Å². The van der Waals surface area contributed by atoms with Crippen molar-refractivity contribution in [3.05, 3.63) is 0 Å². The SMILES string of the molecule is CCCNC1COCC1C(=O)NN. The highest BCUT2D eigenvalue weighted by Crippen LogP contribution is 2.13. The van der Waals surface area contributed by atoms with Crippen molar-refractivity contribution < 1.29 is 9.53 Å². The summed E-state index contributed by atoms with van der Waals surface area (Å²) in [5.74, 6) is 4.77. The van der Waals surface area contributed by atoms with Crippen LogP contribution in [0.25, 0.3) is 0 Å². The van der Waals surface area contributed by atoms with Crippen molar-refractivity contribution in [3.8, 4) is 0 Å². The van der Waals surface area contributed by atoms with E-state index in [0.29, 0.717) is 13.2 Å². The summed E-state index contributed by atoms with van der Waals surface area (Å²) in [5.41, 5.74) is 2.15. The Morgan fingerprint density at radius 2 is 2.38 bits per heavy atom. The molecule has 1 rings (SSSR count). The Balaban J connectivity index is 2.39. The Kier molecular flexibility index (Phi) is 4.14. The predicted molar refractivity (Wildman–Crippen MR) is 48.7 cm³/mol. The van der Waals surface area contributed by atoms with Crippen molar-refractivity contribution in [2.45, 2.75) is 19.4 Å². The number of hydrazine groups is 1. The molecule has 5 nitrogen and oxygen atoms in total. The van der Waals surface area contributed by atoms with Crippen molar-refractivity contribution in [2.75, 3.05) is 19.8 Å². The van der Waals surface area contributed by atoms with Gasteiger partial charge in [0.2, 0.25) is 5.91 Å². The number of carbonyl (C=O) groups is 1. The van der Waals surface area contributed by atoms with Crippen molar-refractivity contribution >= 4 is 5.91 Å². The fourth-order valence-electron chi connectivity index (χ4n) is 1.45. The second-order valence-electron chi connectivity index (χ2n) is 3.21. The monoisotopic (exact) mass is 187 g/mol. The zero-order valence-electron chi connectivity index (χ0n) is 7.88. The molecule has 2 unspecified atom stereocenters. The molecule has 5 heteroatoms. The molecule has 0 aromatic carbocycles. The van der Waals surface area contributed by atoms with Crippen LogP contribution < -0.4 is 16.6 Å². The standard InChI is InChI=1S/C8H17N3O2/c1-2-3-10-7-5-13-4-6(7)8(12)11-9/h6-7,10H,2-5,9H2,1H3,(H,11,12). The average Bonchev–Trinajstić information content (AvgIpc) is 2.61. The van der Waals surface area contributed by atoms with Crippen molar-refractivity contribution in [3.63, 3.8) is 0 Å². The van der Waals surface area contributed by atoms with Crippen LogP contribution in [0.5, 0.6) is 0 Å². The number of ether oxygens (including phenoxy) is 1. The third-order valence-electron chi connectivity index (χ3n) is 2.22. The van der Waals surface area contributed by atoms with Crippen LogP contribution in [-0.4, -0.2) is 31.7 Å². The summed E-state index contributed by atoms with van der Waals surface area (Å²) in [4.78, 5) is 11.2. The van der Waals surface area contributed by atoms with Gasteiger partial charge in [0.05, 0.1) is 19.1 Å². The fraction of sp³-hybridized carbons (Fsp3) is 0.875. The van der Waals surface area contributed by atoms with E-state index < -0.39 is 0 Å². The van der Waals surface area contributed by atoms with Crippen LogP contribution in [0.4, 0.5) is 0 Å². The number of hydrogen-bond acceptors (Lipinski definition) is 4. The van der Waals surface area contributed by atoms with Crippen LogP contribution in [0.3, 0.4) is 0 Å². The van der Waals surface area contributed by atoms with Gasteiger partial charge >= 0.3 is 0 Å². The molecule has 0 aromatic rings. The molecule has 13 heavy (non-hydrogen) atoms. The number of nitrogens with one attached hydrogen (secondary N) is 2. The third kappa shape index (κ3) is 2.65. The summed E-state index contributed by atoms with van der Waals surface area (Å²) in [7, 11) is 0. The van der Waals surface area contributed by atoms with Crippen molar-refractivity contribution in [1.82, 2.24) is 10.7 Å². The molecule has 0 aromatic heterocycles. The lowest BCUT2D eigenvalue weighted by atomic mass is 10.0. The molecular formula is C8H17N3O2. The summed E-state index contributed by atoms with van der Waals surface area (Å²) in [5, 5.41) is 3.26. The predicted octanol–water partition coefficient (Wildman–Crippen LogP) is -1.01. The minimum Gasteiger partial charge on any atom is -0.379 e. The van der Waals surface area contributed by atoms with Gasteiger partial charge in [-0.15, -0.1) is 0 Å². The first-order valence-electron chi connectivity index (χ1n) is 4.61. The smallest absolute Gasteiger partial charge is 0.240 e. The normalized spacial score (nSPS) is 27.5. The third-order valence-corrected chi connectivity index (χ3v) is 2.22. The van der Waals surface area contributed by atoms with Gasteiger partial charge in [-0.2, -0.15) is 0 Å². The molecule has 0 radical (unpaired) electrons. The maximum Gasteiger partial charge on any atom is 0.240 e. The lowest BCUT2D eigenvalue weighted by Gasteiger charge is -2.16. The minimum atomic E-state index is -0.147. The molecule has 1 amide bonds. The fourth-order valence-corrected chi connectivity index (χ4v) is 1.45. The Morgan fingerprint density at radius 3 is 3.00 bits per heavy atom. The summed E-state index contributed by atoms with van der Waals surface area (Å²) in [6.07, 6.45) is 1.05. The van der Waals surface area contributed by atoms with E-state index in [4.69, 9.17) is 10.6 Å². The Hall–Kier alpha value is -0.650. The van der Waals surface area contributed by atoms with E-state index in [1.54, 1.807) is 0 Å². The summed E-state index contributed by atoms with van der Waals surface area (Å²) in [6, 6.07) is 0.114. The molecule has 1 aliphatic rings. The van der Waals surface area contributed by atoms with Crippen LogP contribution in [0, 0.1) is 5.92 Å². The van der Waals surface area contributed by atoms with Gasteiger partial charge in [0.1, 0.15) is 0 Å². The first-order valence-corrected chi connectivity index (χ1v) is 4.61. The van der Waals surface area contributed by atoms with Gasteiger partial charge in [-0.05, 0) is 13.0 Å². The Morgan fingerprint density at radius 1 is 1.62 bits per heavy atom. The number of carbonyl (C=O) groups excluding carboxylic acids is 1. The quantitative estimate of drug-likeness (QED) is 0.299. The van der Waals surface area contributed by atoms with E-state index in [1.807, 2.05) is 0 Å². The first-order chi connectivity index (χ1) is 6.29. The van der Waals surface area contributed by atoms with Gasteiger partial charge in [0.25, 0.3) is 0 Å². The first kappa shape index (κ1) is 10.4. The maximum atomic E-state index is 11.2. The van der Waals surface area contributed by atoms with E-state index >= 15 is 0 Å². The molecule has 76 valence electrons. The Bertz CT molecular complexity index is 175. The molecule has 0 bridgehead atoms. The molecule has 1 fully saturated rings. The van der Waals surface area contributed by atoms with Crippen LogP contribution in [-0.2, 0) is 9.53 Å². The summed E-state index contributed by atoms with van der Waals surface area (Å²) in [6.45, 7) is 4.05. The maximum absolute atomic E-state index is 11.2. The van der Waals surface area contributed by atoms with Gasteiger partial charge in [-0.25, -0.2) is 5.84 Å². The second-order valence-corrected chi connectivity index (χ2v) is 3.21. The van der Waals surface area contributed by atoms with Gasteiger partial charge in [-0.1, -0.05) is 6.92 Å². The topological polar surface area (TPSA) is 76.4 Å². The molecule has 0 aliphatic carbocycles. The summed E-state index contributed by atoms with van der Waals surface area (Å²) >= 11 is 0. The zero-order valence-corrected chi connectivity index (χ0v) is 7.88. The Labute approximate surface area is 78.0 Å². The van der Waals surface area contributed by atoms with Crippen molar-refractivity contribution in [1.29, 1.82) is 0 Å². The lowest BCUT2D eigenvalue weighted by Crippen LogP contribution is -2.46. The molecule has 2 atom stereocenters. The highest BCUT2D eigenvalue weighted by Gasteiger charge is 2.32. The van der Waals surface area contributed by atoms with Crippen molar-refractivity contribution in [2.24, 2.45) is 11.8 Å². The van der Waals surface area contributed by atoms with Crippen LogP contribution >= 0.6 is 0 Å². The molecule has 1 saturated heterocycles. The van der Waals surface area contributed by atoms with E-state index in [9.17, 15) is 4.79 Å². The number of rotatable bonds is 4. The van der Waals surface area contributed by atoms with Gasteiger partial charge in [0, 0.05) is 6.04 Å². The highest BCUT2D eigenvalue weighted by molar-refractivity contribution is 5.79. The van der Waals surface area contributed by atoms with E-state index in [-0.39, 0.29) is 17.9 Å². The lowest BCUT2D eigenvalue weighted by molar-refractivity contribution is -0.125. The minimum absolute atomic E-state index is 0.114. The molecule has 1 aliphatic heterocycles. The number of hydrogen-bond donors (Lipinski definition) is 3. The number of amides is 1. The number of nitrogens with two attached hydrogens (primary N) is 1. The van der Waals surface area contributed by atoms with Crippen LogP contribution in [0.2, 0.25) is 0 Å². The van der Waals surface area contributed by atoms with Gasteiger partial charge in [0.15, 0.2) is 0 Å².